The van der Waals surface area contributed by atoms with Gasteiger partial charge in [-0.15, -0.1) is 0 Å². The van der Waals surface area contributed by atoms with Crippen LogP contribution >= 0.6 is 0 Å². The second-order valence-electron chi connectivity index (χ2n) is 9.78. The zero-order chi connectivity index (χ0) is 19.1. The van der Waals surface area contributed by atoms with Crippen molar-refractivity contribution in [3.63, 3.8) is 0 Å². The highest BCUT2D eigenvalue weighted by atomic mass is 16.1. The Morgan fingerprint density at radius 1 is 1.18 bits per heavy atom. The zero-order valence-corrected chi connectivity index (χ0v) is 17.2. The Morgan fingerprint density at radius 3 is 2.71 bits per heavy atom. The van der Waals surface area contributed by atoms with Crippen molar-refractivity contribution in [3.8, 4) is 0 Å². The largest absolute Gasteiger partial charge is 0.349 e. The van der Waals surface area contributed by atoms with Crippen molar-refractivity contribution in [2.75, 3.05) is 19.6 Å². The van der Waals surface area contributed by atoms with E-state index < -0.39 is 0 Å². The number of piperidine rings is 1. The molecule has 1 saturated carbocycles. The van der Waals surface area contributed by atoms with Crippen molar-refractivity contribution in [3.05, 3.63) is 47.5 Å². The Hall–Kier alpha value is -1.61. The predicted octanol–water partition coefficient (Wildman–Crippen LogP) is 4.59. The van der Waals surface area contributed by atoms with E-state index in [1.54, 1.807) is 0 Å². The van der Waals surface area contributed by atoms with Gasteiger partial charge in [0, 0.05) is 18.4 Å². The molecule has 3 nitrogen and oxygen atoms in total. The quantitative estimate of drug-likeness (QED) is 0.760. The molecular formula is C25H34N2O. The molecule has 4 aliphatic rings. The van der Waals surface area contributed by atoms with Gasteiger partial charge in [0.05, 0.1) is 6.04 Å². The van der Waals surface area contributed by atoms with E-state index in [9.17, 15) is 4.79 Å². The van der Waals surface area contributed by atoms with E-state index in [2.05, 4.69) is 53.6 Å². The number of carbonyl (C=O) groups excluding carboxylic acids is 1. The van der Waals surface area contributed by atoms with E-state index in [4.69, 9.17) is 0 Å². The Kier molecular flexibility index (Phi) is 4.82. The van der Waals surface area contributed by atoms with Gasteiger partial charge in [-0.2, -0.15) is 0 Å². The van der Waals surface area contributed by atoms with Crippen molar-refractivity contribution in [2.24, 2.45) is 17.8 Å². The molecule has 0 radical (unpaired) electrons. The summed E-state index contributed by atoms with van der Waals surface area (Å²) in [5.41, 5.74) is 3.16. The van der Waals surface area contributed by atoms with Crippen molar-refractivity contribution in [1.29, 1.82) is 0 Å². The van der Waals surface area contributed by atoms with E-state index in [1.165, 1.54) is 56.4 Å². The summed E-state index contributed by atoms with van der Waals surface area (Å²) < 4.78 is 0. The molecule has 150 valence electrons. The first-order valence-electron chi connectivity index (χ1n) is 11.5. The summed E-state index contributed by atoms with van der Waals surface area (Å²) in [6.45, 7) is 5.79. The van der Waals surface area contributed by atoms with E-state index >= 15 is 0 Å². The molecule has 2 fully saturated rings. The number of amides is 1. The van der Waals surface area contributed by atoms with Crippen LogP contribution in [0.4, 0.5) is 0 Å². The highest BCUT2D eigenvalue weighted by Gasteiger charge is 2.46. The monoisotopic (exact) mass is 378 g/mol. The van der Waals surface area contributed by atoms with Crippen LogP contribution in [-0.4, -0.2) is 30.4 Å². The number of hydrogen-bond donors (Lipinski definition) is 1. The number of benzene rings is 1. The molecule has 1 amide bonds. The first kappa shape index (κ1) is 18.4. The Balaban J connectivity index is 1.26. The molecule has 1 aromatic rings. The standard InChI is InChI=1S/C25H34N2O/c1-2-5-24(28)26-23-16-25(22-7-4-3-6-21(22)23)10-12-27(13-11-25)17-20-15-18-8-9-19(20)14-18/h3-4,6-9,18-20,23H,2,5,10-17H2,1H3,(H,26,28)/t18-,19-,20-,23-/m0/s1. The average molecular weight is 379 g/mol. The molecule has 5 rings (SSSR count). The van der Waals surface area contributed by atoms with Crippen LogP contribution < -0.4 is 5.32 Å². The van der Waals surface area contributed by atoms with Crippen molar-refractivity contribution in [2.45, 2.75) is 63.3 Å². The van der Waals surface area contributed by atoms with E-state index in [1.807, 2.05) is 0 Å². The van der Waals surface area contributed by atoms with Gasteiger partial charge in [-0.3, -0.25) is 4.79 Å². The van der Waals surface area contributed by atoms with Gasteiger partial charge in [0.15, 0.2) is 0 Å². The molecule has 0 unspecified atom stereocenters. The minimum atomic E-state index is 0.206. The van der Waals surface area contributed by atoms with Gasteiger partial charge in [-0.25, -0.2) is 0 Å². The molecule has 28 heavy (non-hydrogen) atoms. The molecule has 1 spiro atoms. The molecule has 1 N–H and O–H groups in total. The van der Waals surface area contributed by atoms with Crippen molar-refractivity contribution < 1.29 is 4.79 Å². The third-order valence-corrected chi connectivity index (χ3v) is 8.04. The molecule has 1 aliphatic heterocycles. The number of likely N-dealkylation sites (tertiary alicyclic amines) is 1. The number of nitrogens with one attached hydrogen (secondary N) is 1. The van der Waals surface area contributed by atoms with E-state index in [0.717, 1.165) is 30.6 Å². The summed E-state index contributed by atoms with van der Waals surface area (Å²) in [4.78, 5) is 15.0. The van der Waals surface area contributed by atoms with Crippen LogP contribution in [0.3, 0.4) is 0 Å². The van der Waals surface area contributed by atoms with Crippen LogP contribution in [0.15, 0.2) is 36.4 Å². The number of carbonyl (C=O) groups is 1. The maximum Gasteiger partial charge on any atom is 0.220 e. The Morgan fingerprint density at radius 2 is 2.00 bits per heavy atom. The van der Waals surface area contributed by atoms with Crippen LogP contribution in [0.25, 0.3) is 0 Å². The molecule has 1 aromatic carbocycles. The normalized spacial score (nSPS) is 32.8. The lowest BCUT2D eigenvalue weighted by molar-refractivity contribution is -0.121. The Bertz CT molecular complexity index is 762. The van der Waals surface area contributed by atoms with Gasteiger partial charge in [0.2, 0.25) is 5.91 Å². The molecule has 3 aliphatic carbocycles. The molecule has 3 heteroatoms. The van der Waals surface area contributed by atoms with Crippen LogP contribution in [0, 0.1) is 17.8 Å². The van der Waals surface area contributed by atoms with Crippen molar-refractivity contribution in [1.82, 2.24) is 10.2 Å². The number of hydrogen-bond acceptors (Lipinski definition) is 2. The van der Waals surface area contributed by atoms with Crippen LogP contribution in [0.2, 0.25) is 0 Å². The van der Waals surface area contributed by atoms with Gasteiger partial charge < -0.3 is 10.2 Å². The predicted molar refractivity (Wildman–Crippen MR) is 113 cm³/mol. The van der Waals surface area contributed by atoms with Crippen LogP contribution in [0.5, 0.6) is 0 Å². The highest BCUT2D eigenvalue weighted by Crippen LogP contribution is 2.51. The molecule has 2 bridgehead atoms. The number of nitrogens with zero attached hydrogens (tertiary/aromatic N) is 1. The second-order valence-corrected chi connectivity index (χ2v) is 9.78. The summed E-state index contributed by atoms with van der Waals surface area (Å²) in [7, 11) is 0. The van der Waals surface area contributed by atoms with Gasteiger partial charge >= 0.3 is 0 Å². The molecule has 0 aromatic heterocycles. The fourth-order valence-electron chi connectivity index (χ4n) is 6.59. The lowest BCUT2D eigenvalue weighted by atomic mass is 9.73. The summed E-state index contributed by atoms with van der Waals surface area (Å²) in [5, 5.41) is 3.34. The minimum Gasteiger partial charge on any atom is -0.349 e. The first-order valence-corrected chi connectivity index (χ1v) is 11.5. The molecule has 1 saturated heterocycles. The Labute approximate surface area is 169 Å². The van der Waals surface area contributed by atoms with Gasteiger partial charge in [-0.1, -0.05) is 43.3 Å². The molecular weight excluding hydrogens is 344 g/mol. The van der Waals surface area contributed by atoms with Gasteiger partial charge in [-0.05, 0) is 80.5 Å². The number of allylic oxidation sites excluding steroid dienone is 2. The summed E-state index contributed by atoms with van der Waals surface area (Å²) >= 11 is 0. The fraction of sp³-hybridized carbons (Fsp3) is 0.640. The topological polar surface area (TPSA) is 32.3 Å². The third kappa shape index (κ3) is 3.22. The molecule has 4 atom stereocenters. The third-order valence-electron chi connectivity index (χ3n) is 8.04. The zero-order valence-electron chi connectivity index (χ0n) is 17.2. The summed E-state index contributed by atoms with van der Waals surface area (Å²) in [6, 6.07) is 9.10. The maximum absolute atomic E-state index is 12.3. The molecule has 1 heterocycles. The summed E-state index contributed by atoms with van der Waals surface area (Å²) in [6.07, 6.45) is 12.9. The smallest absolute Gasteiger partial charge is 0.220 e. The average Bonchev–Trinajstić information content (AvgIpc) is 3.39. The highest BCUT2D eigenvalue weighted by molar-refractivity contribution is 5.76. The first-order chi connectivity index (χ1) is 13.7. The SMILES string of the molecule is CCCC(=O)N[C@H]1CC2(CCN(C[C@@H]3C[C@H]4C=C[C@H]3C4)CC2)c2ccccc21. The van der Waals surface area contributed by atoms with Gasteiger partial charge in [0.25, 0.3) is 0 Å². The van der Waals surface area contributed by atoms with E-state index in [-0.39, 0.29) is 17.4 Å². The maximum atomic E-state index is 12.3. The van der Waals surface area contributed by atoms with E-state index in [0.29, 0.717) is 6.42 Å². The lowest BCUT2D eigenvalue weighted by Crippen LogP contribution is -2.44. The van der Waals surface area contributed by atoms with Gasteiger partial charge in [0.1, 0.15) is 0 Å². The second kappa shape index (κ2) is 7.33. The minimum absolute atomic E-state index is 0.206. The van der Waals surface area contributed by atoms with Crippen molar-refractivity contribution >= 4 is 5.91 Å². The number of fused-ring (bicyclic) bond motifs is 4. The fourth-order valence-corrected chi connectivity index (χ4v) is 6.59. The number of rotatable bonds is 5. The summed E-state index contributed by atoms with van der Waals surface area (Å²) in [5.74, 6) is 2.83. The lowest BCUT2D eigenvalue weighted by Gasteiger charge is -2.41. The van der Waals surface area contributed by atoms with Crippen LogP contribution in [0.1, 0.15) is 69.0 Å². The van der Waals surface area contributed by atoms with Crippen LogP contribution in [-0.2, 0) is 10.2 Å².